The lowest BCUT2D eigenvalue weighted by molar-refractivity contribution is -0.105. The topological polar surface area (TPSA) is 82.7 Å². The molecule has 0 unspecified atom stereocenters. The van der Waals surface area contributed by atoms with Gasteiger partial charge in [0.25, 0.3) is 0 Å². The van der Waals surface area contributed by atoms with Gasteiger partial charge in [-0.3, -0.25) is 4.79 Å². The summed E-state index contributed by atoms with van der Waals surface area (Å²) in [4.78, 5) is 22.3. The first-order valence-electron chi connectivity index (χ1n) is 6.56. The lowest BCUT2D eigenvalue weighted by Crippen LogP contribution is -1.96. The van der Waals surface area contributed by atoms with Crippen LogP contribution in [0.25, 0.3) is 22.2 Å². The Labute approximate surface area is 121 Å². The maximum absolute atomic E-state index is 10.5. The summed E-state index contributed by atoms with van der Waals surface area (Å²) >= 11 is 0. The van der Waals surface area contributed by atoms with Gasteiger partial charge in [0.2, 0.25) is 6.41 Å². The molecule has 6 heteroatoms. The second kappa shape index (κ2) is 5.24. The minimum absolute atomic E-state index is 0.520. The molecule has 3 aromatic rings. The van der Waals surface area contributed by atoms with Crippen LogP contribution in [-0.4, -0.2) is 28.4 Å². The molecular formula is C15H15N5O. The minimum Gasteiger partial charge on any atom is -0.373 e. The molecule has 6 nitrogen and oxygen atoms in total. The van der Waals surface area contributed by atoms with E-state index in [-0.39, 0.29) is 0 Å². The number of fused-ring (bicyclic) bond motifs is 1. The van der Waals surface area contributed by atoms with Gasteiger partial charge in [-0.2, -0.15) is 0 Å². The highest BCUT2D eigenvalue weighted by Crippen LogP contribution is 2.31. The molecule has 106 valence electrons. The summed E-state index contributed by atoms with van der Waals surface area (Å²) in [5.41, 5.74) is 3.96. The van der Waals surface area contributed by atoms with Crippen molar-refractivity contribution < 1.29 is 4.79 Å². The third-order valence-corrected chi connectivity index (χ3v) is 3.40. The van der Waals surface area contributed by atoms with Crippen molar-refractivity contribution in [2.24, 2.45) is 0 Å². The van der Waals surface area contributed by atoms with E-state index in [2.05, 4.69) is 25.6 Å². The van der Waals surface area contributed by atoms with Crippen molar-refractivity contribution in [3.8, 4) is 11.1 Å². The number of hydrogen-bond acceptors (Lipinski definition) is 4. The van der Waals surface area contributed by atoms with Crippen LogP contribution < -0.4 is 10.6 Å². The van der Waals surface area contributed by atoms with Crippen molar-refractivity contribution in [3.63, 3.8) is 0 Å². The van der Waals surface area contributed by atoms with E-state index in [1.54, 1.807) is 6.07 Å². The Morgan fingerprint density at radius 2 is 2.10 bits per heavy atom. The van der Waals surface area contributed by atoms with Crippen LogP contribution in [0.2, 0.25) is 0 Å². The maximum atomic E-state index is 10.5. The SMILES string of the molecule is CNc1cc(C)c(-c2c[nH]c3nc(NC=O)ccc23)cn1. The molecule has 3 heterocycles. The number of anilines is 2. The van der Waals surface area contributed by atoms with Gasteiger partial charge in [0.15, 0.2) is 0 Å². The smallest absolute Gasteiger partial charge is 0.212 e. The number of aryl methyl sites for hydroxylation is 1. The number of nitrogens with one attached hydrogen (secondary N) is 3. The van der Waals surface area contributed by atoms with Crippen LogP contribution in [0.4, 0.5) is 11.6 Å². The van der Waals surface area contributed by atoms with Crippen LogP contribution in [0.5, 0.6) is 0 Å². The van der Waals surface area contributed by atoms with Crippen molar-refractivity contribution in [2.45, 2.75) is 6.92 Å². The van der Waals surface area contributed by atoms with Crippen molar-refractivity contribution in [2.75, 3.05) is 17.7 Å². The normalized spacial score (nSPS) is 10.6. The van der Waals surface area contributed by atoms with Gasteiger partial charge in [-0.15, -0.1) is 0 Å². The molecule has 0 radical (unpaired) electrons. The van der Waals surface area contributed by atoms with Crippen molar-refractivity contribution in [3.05, 3.63) is 36.2 Å². The number of nitrogens with zero attached hydrogens (tertiary/aromatic N) is 2. The maximum Gasteiger partial charge on any atom is 0.212 e. The first-order chi connectivity index (χ1) is 10.2. The number of H-pyrrole nitrogens is 1. The molecule has 0 fully saturated rings. The number of aromatic amines is 1. The molecule has 21 heavy (non-hydrogen) atoms. The number of amides is 1. The van der Waals surface area contributed by atoms with Gasteiger partial charge in [-0.25, -0.2) is 9.97 Å². The summed E-state index contributed by atoms with van der Waals surface area (Å²) in [5, 5.41) is 6.56. The summed E-state index contributed by atoms with van der Waals surface area (Å²) < 4.78 is 0. The van der Waals surface area contributed by atoms with Crippen LogP contribution in [0, 0.1) is 6.92 Å². The van der Waals surface area contributed by atoms with E-state index in [9.17, 15) is 4.79 Å². The molecule has 0 aromatic carbocycles. The van der Waals surface area contributed by atoms with Crippen molar-refractivity contribution >= 4 is 29.1 Å². The Morgan fingerprint density at radius 1 is 1.24 bits per heavy atom. The number of pyridine rings is 2. The lowest BCUT2D eigenvalue weighted by Gasteiger charge is -2.07. The minimum atomic E-state index is 0.520. The molecule has 1 amide bonds. The molecule has 0 bridgehead atoms. The van der Waals surface area contributed by atoms with Gasteiger partial charge < -0.3 is 15.6 Å². The summed E-state index contributed by atoms with van der Waals surface area (Å²) in [5.74, 6) is 1.36. The molecule has 0 aliphatic rings. The van der Waals surface area contributed by atoms with E-state index in [0.717, 1.165) is 33.5 Å². The number of carbonyl (C=O) groups excluding carboxylic acids is 1. The van der Waals surface area contributed by atoms with Crippen LogP contribution in [-0.2, 0) is 4.79 Å². The number of rotatable bonds is 4. The summed E-state index contributed by atoms with van der Waals surface area (Å²) in [6.45, 7) is 2.05. The van der Waals surface area contributed by atoms with E-state index >= 15 is 0 Å². The van der Waals surface area contributed by atoms with E-state index in [0.29, 0.717) is 12.2 Å². The van der Waals surface area contributed by atoms with Crippen molar-refractivity contribution in [1.82, 2.24) is 15.0 Å². The predicted molar refractivity (Wildman–Crippen MR) is 83.3 cm³/mol. The van der Waals surface area contributed by atoms with Gasteiger partial charge in [-0.1, -0.05) is 0 Å². The Hall–Kier alpha value is -2.89. The zero-order valence-electron chi connectivity index (χ0n) is 11.8. The van der Waals surface area contributed by atoms with Gasteiger partial charge in [0.05, 0.1) is 0 Å². The predicted octanol–water partition coefficient (Wildman–Crippen LogP) is 2.54. The highest BCUT2D eigenvalue weighted by Gasteiger charge is 2.11. The first kappa shape index (κ1) is 13.1. The number of aromatic nitrogens is 3. The van der Waals surface area contributed by atoms with Crippen LogP contribution in [0.15, 0.2) is 30.6 Å². The molecule has 3 aromatic heterocycles. The van der Waals surface area contributed by atoms with Crippen LogP contribution in [0.3, 0.4) is 0 Å². The monoisotopic (exact) mass is 281 g/mol. The Morgan fingerprint density at radius 3 is 2.81 bits per heavy atom. The molecule has 3 N–H and O–H groups in total. The van der Waals surface area contributed by atoms with Crippen molar-refractivity contribution in [1.29, 1.82) is 0 Å². The van der Waals surface area contributed by atoms with E-state index in [4.69, 9.17) is 0 Å². The third-order valence-electron chi connectivity index (χ3n) is 3.40. The molecule has 0 atom stereocenters. The lowest BCUT2D eigenvalue weighted by atomic mass is 10.0. The molecule has 0 aliphatic heterocycles. The average molecular weight is 281 g/mol. The van der Waals surface area contributed by atoms with Gasteiger partial charge in [0.1, 0.15) is 17.3 Å². The molecule has 3 rings (SSSR count). The highest BCUT2D eigenvalue weighted by molar-refractivity contribution is 5.95. The standard InChI is InChI=1S/C15H15N5O/c1-9-5-14(16-2)17-6-11(9)12-7-18-15-10(12)3-4-13(20-15)19-8-21/h3-8H,1-2H3,(H,16,17)(H2,18,19,20,21). The fourth-order valence-electron chi connectivity index (χ4n) is 2.34. The Kier molecular flexibility index (Phi) is 3.27. The fourth-order valence-corrected chi connectivity index (χ4v) is 2.34. The van der Waals surface area contributed by atoms with Crippen LogP contribution >= 0.6 is 0 Å². The average Bonchev–Trinajstić information content (AvgIpc) is 2.90. The summed E-state index contributed by atoms with van der Waals surface area (Å²) in [6, 6.07) is 5.72. The number of hydrogen-bond donors (Lipinski definition) is 3. The van der Waals surface area contributed by atoms with Gasteiger partial charge in [-0.05, 0) is 30.7 Å². The molecular weight excluding hydrogens is 266 g/mol. The fraction of sp³-hybridized carbons (Fsp3) is 0.133. The molecule has 0 saturated carbocycles. The second-order valence-electron chi connectivity index (χ2n) is 4.69. The van der Waals surface area contributed by atoms with Crippen LogP contribution in [0.1, 0.15) is 5.56 Å². The highest BCUT2D eigenvalue weighted by atomic mass is 16.1. The zero-order chi connectivity index (χ0) is 14.8. The largest absolute Gasteiger partial charge is 0.373 e. The summed E-state index contributed by atoms with van der Waals surface area (Å²) in [6.07, 6.45) is 4.37. The van der Waals surface area contributed by atoms with E-state index in [1.165, 1.54) is 0 Å². The Bertz CT molecular complexity index is 809. The second-order valence-corrected chi connectivity index (χ2v) is 4.69. The number of carbonyl (C=O) groups is 1. The summed E-state index contributed by atoms with van der Waals surface area (Å²) in [7, 11) is 1.85. The molecule has 0 aliphatic carbocycles. The van der Waals surface area contributed by atoms with Gasteiger partial charge in [0, 0.05) is 36.0 Å². The quantitative estimate of drug-likeness (QED) is 0.642. The zero-order valence-corrected chi connectivity index (χ0v) is 11.8. The van der Waals surface area contributed by atoms with E-state index in [1.807, 2.05) is 38.5 Å². The van der Waals surface area contributed by atoms with E-state index < -0.39 is 0 Å². The first-order valence-corrected chi connectivity index (χ1v) is 6.56. The Balaban J connectivity index is 2.10. The third kappa shape index (κ3) is 2.31. The van der Waals surface area contributed by atoms with Gasteiger partial charge >= 0.3 is 0 Å². The molecule has 0 saturated heterocycles. The molecule has 0 spiro atoms.